The number of benzene rings is 2. The van der Waals surface area contributed by atoms with E-state index in [0.717, 1.165) is 25.0 Å². The standard InChI is InChI=1S/C22H25NO4/c24-21(19-8-4-5-9-20(19)22(25)26)23-17-10-12-18(13-11-17)27-15-14-16-6-2-1-3-7-16/h1-3,6-7,10-13,19-20H,4-5,8-9,14-15H2,(H,23,24)(H,25,26). The number of hydrogen-bond donors (Lipinski definition) is 2. The molecule has 2 N–H and O–H groups in total. The molecule has 0 spiro atoms. The van der Waals surface area contributed by atoms with Crippen molar-refractivity contribution < 1.29 is 19.4 Å². The highest BCUT2D eigenvalue weighted by molar-refractivity contribution is 5.95. The zero-order chi connectivity index (χ0) is 19.1. The molecule has 0 bridgehead atoms. The Bertz CT molecular complexity index is 758. The topological polar surface area (TPSA) is 75.6 Å². The van der Waals surface area contributed by atoms with Crippen molar-refractivity contribution >= 4 is 17.6 Å². The summed E-state index contributed by atoms with van der Waals surface area (Å²) in [6.45, 7) is 0.581. The molecule has 2 atom stereocenters. The molecular weight excluding hydrogens is 342 g/mol. The lowest BCUT2D eigenvalue weighted by atomic mass is 9.78. The van der Waals surface area contributed by atoms with E-state index in [2.05, 4.69) is 17.4 Å². The van der Waals surface area contributed by atoms with Gasteiger partial charge in [-0.2, -0.15) is 0 Å². The summed E-state index contributed by atoms with van der Waals surface area (Å²) in [4.78, 5) is 23.9. The molecule has 0 aliphatic heterocycles. The lowest BCUT2D eigenvalue weighted by Gasteiger charge is -2.27. The van der Waals surface area contributed by atoms with Crippen molar-refractivity contribution in [2.24, 2.45) is 11.8 Å². The molecule has 2 unspecified atom stereocenters. The van der Waals surface area contributed by atoms with E-state index in [9.17, 15) is 14.7 Å². The number of ether oxygens (including phenoxy) is 1. The van der Waals surface area contributed by atoms with Gasteiger partial charge in [-0.15, -0.1) is 0 Å². The van der Waals surface area contributed by atoms with Crippen molar-refractivity contribution in [3.63, 3.8) is 0 Å². The van der Waals surface area contributed by atoms with Gasteiger partial charge in [-0.25, -0.2) is 0 Å². The molecule has 2 aromatic rings. The van der Waals surface area contributed by atoms with Gasteiger partial charge in [0.25, 0.3) is 0 Å². The second-order valence-corrected chi connectivity index (χ2v) is 6.93. The van der Waals surface area contributed by atoms with Crippen molar-refractivity contribution in [1.82, 2.24) is 0 Å². The maximum atomic E-state index is 12.5. The van der Waals surface area contributed by atoms with Crippen LogP contribution in [0.3, 0.4) is 0 Å². The Hall–Kier alpha value is -2.82. The van der Waals surface area contributed by atoms with E-state index in [1.165, 1.54) is 5.56 Å². The number of anilines is 1. The van der Waals surface area contributed by atoms with Gasteiger partial charge in [0.15, 0.2) is 0 Å². The minimum atomic E-state index is -0.878. The van der Waals surface area contributed by atoms with Crippen LogP contribution in [-0.2, 0) is 16.0 Å². The number of hydrogen-bond acceptors (Lipinski definition) is 3. The summed E-state index contributed by atoms with van der Waals surface area (Å²) in [5.41, 5.74) is 1.88. The Morgan fingerprint density at radius 2 is 1.63 bits per heavy atom. The summed E-state index contributed by atoms with van der Waals surface area (Å²) in [6, 6.07) is 17.3. The smallest absolute Gasteiger partial charge is 0.307 e. The van der Waals surface area contributed by atoms with E-state index in [-0.39, 0.29) is 5.91 Å². The third-order valence-electron chi connectivity index (χ3n) is 5.04. The van der Waals surface area contributed by atoms with Crippen LogP contribution in [-0.4, -0.2) is 23.6 Å². The molecule has 1 aliphatic rings. The molecule has 2 aromatic carbocycles. The predicted molar refractivity (Wildman–Crippen MR) is 104 cm³/mol. The van der Waals surface area contributed by atoms with Crippen molar-refractivity contribution in [3.05, 3.63) is 60.2 Å². The van der Waals surface area contributed by atoms with E-state index in [1.807, 2.05) is 30.3 Å². The molecule has 142 valence electrons. The van der Waals surface area contributed by atoms with E-state index in [0.29, 0.717) is 25.1 Å². The van der Waals surface area contributed by atoms with Gasteiger partial charge in [0, 0.05) is 12.1 Å². The SMILES string of the molecule is O=C(O)C1CCCCC1C(=O)Nc1ccc(OCCc2ccccc2)cc1. The summed E-state index contributed by atoms with van der Waals surface area (Å²) in [7, 11) is 0. The molecular formula is C22H25NO4. The van der Waals surface area contributed by atoms with Gasteiger partial charge in [-0.3, -0.25) is 9.59 Å². The molecule has 5 heteroatoms. The molecule has 1 aliphatic carbocycles. The third-order valence-corrected chi connectivity index (χ3v) is 5.04. The summed E-state index contributed by atoms with van der Waals surface area (Å²) >= 11 is 0. The average molecular weight is 367 g/mol. The van der Waals surface area contributed by atoms with Gasteiger partial charge in [0.05, 0.1) is 18.4 Å². The Morgan fingerprint density at radius 3 is 2.30 bits per heavy atom. The lowest BCUT2D eigenvalue weighted by Crippen LogP contribution is -2.36. The van der Waals surface area contributed by atoms with E-state index >= 15 is 0 Å². The summed E-state index contributed by atoms with van der Waals surface area (Å²) in [6.07, 6.45) is 3.80. The van der Waals surface area contributed by atoms with Gasteiger partial charge < -0.3 is 15.2 Å². The minimum absolute atomic E-state index is 0.208. The van der Waals surface area contributed by atoms with Crippen molar-refractivity contribution in [1.29, 1.82) is 0 Å². The van der Waals surface area contributed by atoms with Gasteiger partial charge >= 0.3 is 5.97 Å². The Balaban J connectivity index is 1.51. The zero-order valence-corrected chi connectivity index (χ0v) is 15.3. The van der Waals surface area contributed by atoms with Crippen LogP contribution in [0.5, 0.6) is 5.75 Å². The molecule has 1 fully saturated rings. The van der Waals surface area contributed by atoms with E-state index < -0.39 is 17.8 Å². The van der Waals surface area contributed by atoms with Crippen LogP contribution in [0, 0.1) is 11.8 Å². The normalized spacial score (nSPS) is 19.3. The summed E-state index contributed by atoms with van der Waals surface area (Å²) in [5, 5.41) is 12.2. The molecule has 27 heavy (non-hydrogen) atoms. The van der Waals surface area contributed by atoms with Crippen LogP contribution in [0.15, 0.2) is 54.6 Å². The number of carboxylic acid groups (broad SMARTS) is 1. The van der Waals surface area contributed by atoms with Crippen molar-refractivity contribution in [2.45, 2.75) is 32.1 Å². The van der Waals surface area contributed by atoms with E-state index in [1.54, 1.807) is 12.1 Å². The monoisotopic (exact) mass is 367 g/mol. The number of nitrogens with one attached hydrogen (secondary N) is 1. The molecule has 1 saturated carbocycles. The van der Waals surface area contributed by atoms with E-state index in [4.69, 9.17) is 4.74 Å². The van der Waals surface area contributed by atoms with Crippen LogP contribution >= 0.6 is 0 Å². The number of aliphatic carboxylic acids is 1. The maximum Gasteiger partial charge on any atom is 0.307 e. The average Bonchev–Trinajstić information content (AvgIpc) is 2.70. The second-order valence-electron chi connectivity index (χ2n) is 6.93. The number of carbonyl (C=O) groups excluding carboxylic acids is 1. The zero-order valence-electron chi connectivity index (χ0n) is 15.3. The van der Waals surface area contributed by atoms with Gasteiger partial charge in [0.1, 0.15) is 5.75 Å². The van der Waals surface area contributed by atoms with Crippen LogP contribution < -0.4 is 10.1 Å². The first-order valence-electron chi connectivity index (χ1n) is 9.44. The number of rotatable bonds is 7. The first-order chi connectivity index (χ1) is 13.1. The molecule has 0 heterocycles. The first kappa shape index (κ1) is 19.0. The van der Waals surface area contributed by atoms with Gasteiger partial charge in [0.2, 0.25) is 5.91 Å². The quantitative estimate of drug-likeness (QED) is 0.771. The summed E-state index contributed by atoms with van der Waals surface area (Å²) in [5.74, 6) is -1.39. The molecule has 0 saturated heterocycles. The van der Waals surface area contributed by atoms with Crippen molar-refractivity contribution in [3.8, 4) is 5.75 Å². The number of carbonyl (C=O) groups is 2. The predicted octanol–water partition coefficient (Wildman–Crippen LogP) is 4.14. The highest BCUT2D eigenvalue weighted by atomic mass is 16.5. The fraction of sp³-hybridized carbons (Fsp3) is 0.364. The molecule has 1 amide bonds. The largest absolute Gasteiger partial charge is 0.493 e. The summed E-state index contributed by atoms with van der Waals surface area (Å²) < 4.78 is 5.74. The number of amides is 1. The molecule has 3 rings (SSSR count). The van der Waals surface area contributed by atoms with Crippen molar-refractivity contribution in [2.75, 3.05) is 11.9 Å². The second kappa shape index (κ2) is 9.21. The fourth-order valence-electron chi connectivity index (χ4n) is 3.54. The Labute approximate surface area is 159 Å². The minimum Gasteiger partial charge on any atom is -0.493 e. The van der Waals surface area contributed by atoms with Crippen LogP contribution in [0.1, 0.15) is 31.2 Å². The first-order valence-corrected chi connectivity index (χ1v) is 9.44. The highest BCUT2D eigenvalue weighted by Gasteiger charge is 2.35. The van der Waals surface area contributed by atoms with Gasteiger partial charge in [-0.1, -0.05) is 43.2 Å². The Morgan fingerprint density at radius 1 is 0.963 bits per heavy atom. The number of carboxylic acids is 1. The van der Waals surface area contributed by atoms with Crippen LogP contribution in [0.2, 0.25) is 0 Å². The lowest BCUT2D eigenvalue weighted by molar-refractivity contribution is -0.147. The molecule has 5 nitrogen and oxygen atoms in total. The Kier molecular flexibility index (Phi) is 6.47. The molecule has 0 radical (unpaired) electrons. The van der Waals surface area contributed by atoms with Gasteiger partial charge in [-0.05, 0) is 42.7 Å². The fourth-order valence-corrected chi connectivity index (χ4v) is 3.54. The van der Waals surface area contributed by atoms with Crippen LogP contribution in [0.4, 0.5) is 5.69 Å². The molecule has 0 aromatic heterocycles. The highest BCUT2D eigenvalue weighted by Crippen LogP contribution is 2.31. The maximum absolute atomic E-state index is 12.5. The van der Waals surface area contributed by atoms with Crippen LogP contribution in [0.25, 0.3) is 0 Å². The third kappa shape index (κ3) is 5.33.